The third-order valence-corrected chi connectivity index (χ3v) is 3.78. The van der Waals surface area contributed by atoms with E-state index in [2.05, 4.69) is 86.1 Å². The highest BCUT2D eigenvalue weighted by atomic mass is 15.0. The topological polar surface area (TPSA) is 4.93 Å². The summed E-state index contributed by atoms with van der Waals surface area (Å²) in [6.07, 6.45) is 3.20. The lowest BCUT2D eigenvalue weighted by Crippen LogP contribution is -2.20. The van der Waals surface area contributed by atoms with Crippen molar-refractivity contribution >= 4 is 10.9 Å². The summed E-state index contributed by atoms with van der Waals surface area (Å²) in [4.78, 5) is 0. The highest BCUT2D eigenvalue weighted by Gasteiger charge is 2.15. The van der Waals surface area contributed by atoms with Crippen LogP contribution in [0.15, 0.2) is 60.8 Å². The zero-order chi connectivity index (χ0) is 14.2. The van der Waals surface area contributed by atoms with Crippen LogP contribution in [0.5, 0.6) is 0 Å². The van der Waals surface area contributed by atoms with E-state index in [4.69, 9.17) is 0 Å². The first-order chi connectivity index (χ1) is 9.55. The van der Waals surface area contributed by atoms with Gasteiger partial charge in [-0.1, -0.05) is 42.5 Å². The minimum atomic E-state index is 0.118. The average Bonchev–Trinajstić information content (AvgIpc) is 2.85. The van der Waals surface area contributed by atoms with Crippen molar-refractivity contribution in [3.05, 3.63) is 71.9 Å². The number of rotatable bonds is 2. The van der Waals surface area contributed by atoms with Crippen LogP contribution in [-0.4, -0.2) is 4.57 Å². The maximum absolute atomic E-state index is 2.36. The first-order valence-electron chi connectivity index (χ1n) is 7.19. The average molecular weight is 263 g/mol. The van der Waals surface area contributed by atoms with Gasteiger partial charge in [0, 0.05) is 22.6 Å². The van der Waals surface area contributed by atoms with Gasteiger partial charge in [0.25, 0.3) is 0 Å². The number of hydrogen-bond acceptors (Lipinski definition) is 0. The highest BCUT2D eigenvalue weighted by Crippen LogP contribution is 2.27. The van der Waals surface area contributed by atoms with E-state index in [1.54, 1.807) is 0 Å². The predicted octanol–water partition coefficient (Wildman–Crippen LogP) is 4.99. The standard InChI is InChI=1S/C19H21N/c1-19(2,3)20-13-12-17-16(10-7-11-18(17)20)14-15-8-5-4-6-9-15/h4-13H,14H2,1-3H3. The van der Waals surface area contributed by atoms with Gasteiger partial charge in [0.15, 0.2) is 0 Å². The van der Waals surface area contributed by atoms with Gasteiger partial charge in [-0.05, 0) is 50.5 Å². The Balaban J connectivity index is 2.07. The van der Waals surface area contributed by atoms with Gasteiger partial charge in [-0.3, -0.25) is 0 Å². The molecule has 2 aromatic carbocycles. The zero-order valence-corrected chi connectivity index (χ0v) is 12.4. The molecule has 0 saturated heterocycles. The molecule has 0 aliphatic rings. The smallest absolute Gasteiger partial charge is 0.0488 e. The Bertz CT molecular complexity index is 714. The number of fused-ring (bicyclic) bond motifs is 1. The van der Waals surface area contributed by atoms with Gasteiger partial charge in [0.05, 0.1) is 0 Å². The van der Waals surface area contributed by atoms with E-state index < -0.39 is 0 Å². The first kappa shape index (κ1) is 13.0. The Morgan fingerprint density at radius 2 is 1.60 bits per heavy atom. The lowest BCUT2D eigenvalue weighted by molar-refractivity contribution is 0.411. The molecule has 20 heavy (non-hydrogen) atoms. The van der Waals surface area contributed by atoms with Crippen molar-refractivity contribution in [1.29, 1.82) is 0 Å². The van der Waals surface area contributed by atoms with Crippen molar-refractivity contribution < 1.29 is 0 Å². The lowest BCUT2D eigenvalue weighted by Gasteiger charge is -2.22. The molecule has 0 amide bonds. The number of aromatic nitrogens is 1. The summed E-state index contributed by atoms with van der Waals surface area (Å²) in [6.45, 7) is 6.74. The highest BCUT2D eigenvalue weighted by molar-refractivity contribution is 5.84. The molecule has 3 rings (SSSR count). The van der Waals surface area contributed by atoms with Gasteiger partial charge >= 0.3 is 0 Å². The van der Waals surface area contributed by atoms with Gasteiger partial charge in [0.2, 0.25) is 0 Å². The predicted molar refractivity (Wildman–Crippen MR) is 86.2 cm³/mol. The van der Waals surface area contributed by atoms with Crippen molar-refractivity contribution in [2.24, 2.45) is 0 Å². The van der Waals surface area contributed by atoms with Gasteiger partial charge in [0.1, 0.15) is 0 Å². The van der Waals surface area contributed by atoms with E-state index in [1.807, 2.05) is 0 Å². The lowest BCUT2D eigenvalue weighted by atomic mass is 10.0. The van der Waals surface area contributed by atoms with Gasteiger partial charge in [-0.2, -0.15) is 0 Å². The third-order valence-electron chi connectivity index (χ3n) is 3.78. The monoisotopic (exact) mass is 263 g/mol. The molecule has 0 atom stereocenters. The van der Waals surface area contributed by atoms with Crippen LogP contribution in [-0.2, 0) is 12.0 Å². The van der Waals surface area contributed by atoms with Crippen molar-refractivity contribution in [3.8, 4) is 0 Å². The molecule has 0 bridgehead atoms. The molecule has 1 heteroatoms. The summed E-state index contributed by atoms with van der Waals surface area (Å²) in [6, 6.07) is 19.5. The fourth-order valence-corrected chi connectivity index (χ4v) is 2.79. The van der Waals surface area contributed by atoms with Crippen LogP contribution in [0, 0.1) is 0 Å². The quantitative estimate of drug-likeness (QED) is 0.614. The van der Waals surface area contributed by atoms with E-state index >= 15 is 0 Å². The number of hydrogen-bond donors (Lipinski definition) is 0. The molecule has 0 saturated carbocycles. The van der Waals surface area contributed by atoms with Crippen LogP contribution in [0.2, 0.25) is 0 Å². The van der Waals surface area contributed by atoms with Crippen LogP contribution in [0.25, 0.3) is 10.9 Å². The zero-order valence-electron chi connectivity index (χ0n) is 12.4. The molecule has 1 heterocycles. The first-order valence-corrected chi connectivity index (χ1v) is 7.19. The molecule has 0 spiro atoms. The van der Waals surface area contributed by atoms with Crippen LogP contribution in [0.3, 0.4) is 0 Å². The Hall–Kier alpha value is -2.02. The van der Waals surface area contributed by atoms with Crippen molar-refractivity contribution in [1.82, 2.24) is 4.57 Å². The van der Waals surface area contributed by atoms with Crippen LogP contribution < -0.4 is 0 Å². The summed E-state index contributed by atoms with van der Waals surface area (Å²) in [7, 11) is 0. The minimum Gasteiger partial charge on any atom is -0.342 e. The van der Waals surface area contributed by atoms with Gasteiger partial charge in [-0.25, -0.2) is 0 Å². The summed E-state index contributed by atoms with van der Waals surface area (Å²) in [5.74, 6) is 0. The maximum atomic E-state index is 2.36. The summed E-state index contributed by atoms with van der Waals surface area (Å²) in [5, 5.41) is 1.37. The SMILES string of the molecule is CC(C)(C)n1ccc2c(Cc3ccccc3)cccc21. The minimum absolute atomic E-state index is 0.118. The molecule has 102 valence electrons. The van der Waals surface area contributed by atoms with Crippen LogP contribution >= 0.6 is 0 Å². The largest absolute Gasteiger partial charge is 0.342 e. The van der Waals surface area contributed by atoms with E-state index in [1.165, 1.54) is 22.0 Å². The normalized spacial score (nSPS) is 11.9. The van der Waals surface area contributed by atoms with Crippen molar-refractivity contribution in [3.63, 3.8) is 0 Å². The summed E-state index contributed by atoms with van der Waals surface area (Å²) >= 11 is 0. The Kier molecular flexibility index (Phi) is 3.13. The maximum Gasteiger partial charge on any atom is 0.0488 e. The van der Waals surface area contributed by atoms with E-state index in [0.717, 1.165) is 6.42 Å². The molecule has 3 aromatic rings. The molecular formula is C19H21N. The third kappa shape index (κ3) is 2.36. The van der Waals surface area contributed by atoms with Crippen LogP contribution in [0.4, 0.5) is 0 Å². The molecule has 1 aromatic heterocycles. The Morgan fingerprint density at radius 3 is 2.30 bits per heavy atom. The van der Waals surface area contributed by atoms with Gasteiger partial charge < -0.3 is 4.57 Å². The van der Waals surface area contributed by atoms with E-state index in [0.29, 0.717) is 0 Å². The molecule has 0 aliphatic heterocycles. The number of nitrogens with zero attached hydrogens (tertiary/aromatic N) is 1. The molecule has 0 unspecified atom stereocenters. The molecule has 0 aliphatic carbocycles. The van der Waals surface area contributed by atoms with Crippen LogP contribution in [0.1, 0.15) is 31.9 Å². The van der Waals surface area contributed by atoms with Gasteiger partial charge in [-0.15, -0.1) is 0 Å². The molecule has 0 radical (unpaired) electrons. The second-order valence-electron chi connectivity index (χ2n) is 6.37. The summed E-state index contributed by atoms with van der Waals surface area (Å²) in [5.41, 5.74) is 4.21. The molecular weight excluding hydrogens is 242 g/mol. The van der Waals surface area contributed by atoms with Crippen molar-refractivity contribution in [2.45, 2.75) is 32.7 Å². The second kappa shape index (κ2) is 4.82. The molecule has 1 nitrogen and oxygen atoms in total. The summed E-state index contributed by atoms with van der Waals surface area (Å²) < 4.78 is 2.36. The fourth-order valence-electron chi connectivity index (χ4n) is 2.79. The van der Waals surface area contributed by atoms with Crippen molar-refractivity contribution in [2.75, 3.05) is 0 Å². The fraction of sp³-hybridized carbons (Fsp3) is 0.263. The number of benzene rings is 2. The molecule has 0 N–H and O–H groups in total. The van der Waals surface area contributed by atoms with E-state index in [-0.39, 0.29) is 5.54 Å². The molecule has 0 fully saturated rings. The van der Waals surface area contributed by atoms with E-state index in [9.17, 15) is 0 Å². The Labute approximate surface area is 120 Å². The Morgan fingerprint density at radius 1 is 0.850 bits per heavy atom. The second-order valence-corrected chi connectivity index (χ2v) is 6.37.